The van der Waals surface area contributed by atoms with Crippen LogP contribution in [0.1, 0.15) is 17.8 Å². The van der Waals surface area contributed by atoms with Crippen LogP contribution in [0.3, 0.4) is 0 Å². The third kappa shape index (κ3) is 2.02. The highest BCUT2D eigenvalue weighted by Gasteiger charge is 2.25. The molecule has 1 unspecified atom stereocenters. The van der Waals surface area contributed by atoms with E-state index >= 15 is 0 Å². The summed E-state index contributed by atoms with van der Waals surface area (Å²) in [6.07, 6.45) is 0.0973. The lowest BCUT2D eigenvalue weighted by atomic mass is 10.2. The van der Waals surface area contributed by atoms with Gasteiger partial charge >= 0.3 is 0 Å². The zero-order valence-electron chi connectivity index (χ0n) is 9.67. The van der Waals surface area contributed by atoms with Gasteiger partial charge in [0.15, 0.2) is 11.9 Å². The largest absolute Gasteiger partial charge is 0.477 e. The number of para-hydroxylation sites is 2. The molecule has 6 heteroatoms. The Morgan fingerprint density at radius 1 is 1.39 bits per heavy atom. The third-order valence-electron chi connectivity index (χ3n) is 2.73. The zero-order valence-corrected chi connectivity index (χ0v) is 9.67. The summed E-state index contributed by atoms with van der Waals surface area (Å²) in [5.74, 6) is 1.70. The molecule has 0 saturated carbocycles. The number of nitrogens with zero attached hydrogens (tertiary/aromatic N) is 2. The number of benzene rings is 1. The first-order chi connectivity index (χ1) is 8.86. The highest BCUT2D eigenvalue weighted by molar-refractivity contribution is 5.57. The molecule has 0 amide bonds. The minimum atomic E-state index is -0.292. The van der Waals surface area contributed by atoms with Crippen molar-refractivity contribution >= 4 is 5.69 Å². The molecule has 1 aromatic heterocycles. The maximum Gasteiger partial charge on any atom is 0.269 e. The number of aliphatic hydroxyl groups excluding tert-OH is 1. The summed E-state index contributed by atoms with van der Waals surface area (Å²) in [5.41, 5.74) is 0.962. The molecule has 1 aromatic carbocycles. The van der Waals surface area contributed by atoms with Crippen molar-refractivity contribution in [1.82, 2.24) is 10.1 Å². The molecule has 0 aliphatic carbocycles. The number of fused-ring (bicyclic) bond motifs is 1. The number of ether oxygens (including phenoxy) is 1. The van der Waals surface area contributed by atoms with E-state index in [1.54, 1.807) is 0 Å². The third-order valence-corrected chi connectivity index (χ3v) is 2.73. The van der Waals surface area contributed by atoms with Crippen LogP contribution in [0.15, 0.2) is 28.8 Å². The van der Waals surface area contributed by atoms with E-state index in [2.05, 4.69) is 15.5 Å². The van der Waals surface area contributed by atoms with Crippen LogP contribution in [0.25, 0.3) is 0 Å². The Morgan fingerprint density at radius 2 is 2.28 bits per heavy atom. The van der Waals surface area contributed by atoms with Crippen LogP contribution in [-0.4, -0.2) is 28.4 Å². The second kappa shape index (κ2) is 4.66. The summed E-state index contributed by atoms with van der Waals surface area (Å²) in [5, 5.41) is 15.8. The Kier molecular flexibility index (Phi) is 2.85. The topological polar surface area (TPSA) is 80.4 Å². The van der Waals surface area contributed by atoms with Crippen molar-refractivity contribution in [3.63, 3.8) is 0 Å². The van der Waals surface area contributed by atoms with E-state index in [4.69, 9.17) is 14.4 Å². The highest BCUT2D eigenvalue weighted by atomic mass is 16.5. The SMILES string of the molecule is OCCc1noc(C2CNc3ccccc3O2)n1. The minimum Gasteiger partial charge on any atom is -0.477 e. The molecule has 2 N–H and O–H groups in total. The predicted molar refractivity (Wildman–Crippen MR) is 63.4 cm³/mol. The first-order valence-electron chi connectivity index (χ1n) is 5.79. The molecule has 1 aliphatic heterocycles. The molecule has 3 rings (SSSR count). The van der Waals surface area contributed by atoms with Crippen molar-refractivity contribution in [2.24, 2.45) is 0 Å². The molecule has 1 aliphatic rings. The summed E-state index contributed by atoms with van der Waals surface area (Å²) >= 11 is 0. The van der Waals surface area contributed by atoms with E-state index in [0.29, 0.717) is 24.7 Å². The number of aliphatic hydroxyl groups is 1. The lowest BCUT2D eigenvalue weighted by molar-refractivity contribution is 0.162. The first-order valence-corrected chi connectivity index (χ1v) is 5.79. The number of rotatable bonds is 3. The van der Waals surface area contributed by atoms with Crippen LogP contribution in [0.5, 0.6) is 5.75 Å². The molecule has 0 fully saturated rings. The number of aromatic nitrogens is 2. The quantitative estimate of drug-likeness (QED) is 0.846. The summed E-state index contributed by atoms with van der Waals surface area (Å²) in [6, 6.07) is 7.70. The van der Waals surface area contributed by atoms with E-state index < -0.39 is 0 Å². The Bertz CT molecular complexity index is 541. The van der Waals surface area contributed by atoms with Gasteiger partial charge in [0, 0.05) is 6.42 Å². The van der Waals surface area contributed by atoms with E-state index in [1.807, 2.05) is 24.3 Å². The number of hydrogen-bond donors (Lipinski definition) is 2. The van der Waals surface area contributed by atoms with Gasteiger partial charge in [-0.25, -0.2) is 0 Å². The Morgan fingerprint density at radius 3 is 3.17 bits per heavy atom. The second-order valence-corrected chi connectivity index (χ2v) is 4.01. The van der Waals surface area contributed by atoms with Crippen LogP contribution in [0.4, 0.5) is 5.69 Å². The molecule has 0 spiro atoms. The van der Waals surface area contributed by atoms with E-state index in [-0.39, 0.29) is 12.7 Å². The Labute approximate surface area is 104 Å². The average Bonchev–Trinajstić information content (AvgIpc) is 2.87. The van der Waals surface area contributed by atoms with Crippen molar-refractivity contribution in [2.45, 2.75) is 12.5 Å². The molecule has 6 nitrogen and oxygen atoms in total. The number of anilines is 1. The fourth-order valence-corrected chi connectivity index (χ4v) is 1.85. The van der Waals surface area contributed by atoms with Gasteiger partial charge in [-0.2, -0.15) is 4.98 Å². The summed E-state index contributed by atoms with van der Waals surface area (Å²) in [4.78, 5) is 4.19. The maximum atomic E-state index is 8.80. The molecule has 94 valence electrons. The molecule has 18 heavy (non-hydrogen) atoms. The summed E-state index contributed by atoms with van der Waals surface area (Å²) < 4.78 is 10.9. The summed E-state index contributed by atoms with van der Waals surface area (Å²) in [7, 11) is 0. The van der Waals surface area contributed by atoms with Crippen molar-refractivity contribution in [3.05, 3.63) is 36.0 Å². The lowest BCUT2D eigenvalue weighted by Crippen LogP contribution is -2.23. The van der Waals surface area contributed by atoms with Crippen molar-refractivity contribution in [1.29, 1.82) is 0 Å². The normalized spacial score (nSPS) is 17.7. The van der Waals surface area contributed by atoms with E-state index in [0.717, 1.165) is 11.4 Å². The van der Waals surface area contributed by atoms with Crippen LogP contribution in [-0.2, 0) is 6.42 Å². The molecular formula is C12H13N3O3. The van der Waals surface area contributed by atoms with Gasteiger partial charge in [-0.15, -0.1) is 0 Å². The maximum absolute atomic E-state index is 8.80. The smallest absolute Gasteiger partial charge is 0.269 e. The average molecular weight is 247 g/mol. The summed E-state index contributed by atoms with van der Waals surface area (Å²) in [6.45, 7) is 0.587. The van der Waals surface area contributed by atoms with Crippen LogP contribution in [0, 0.1) is 0 Å². The van der Waals surface area contributed by atoms with Crippen LogP contribution >= 0.6 is 0 Å². The number of hydrogen-bond acceptors (Lipinski definition) is 6. The van der Waals surface area contributed by atoms with Crippen molar-refractivity contribution < 1.29 is 14.4 Å². The van der Waals surface area contributed by atoms with Gasteiger partial charge in [0.1, 0.15) is 5.75 Å². The molecule has 0 radical (unpaired) electrons. The fraction of sp³-hybridized carbons (Fsp3) is 0.333. The van der Waals surface area contributed by atoms with Gasteiger partial charge in [-0.1, -0.05) is 17.3 Å². The number of nitrogens with one attached hydrogen (secondary N) is 1. The minimum absolute atomic E-state index is 0.00554. The van der Waals surface area contributed by atoms with Gasteiger partial charge in [-0.05, 0) is 12.1 Å². The molecular weight excluding hydrogens is 234 g/mol. The Hall–Kier alpha value is -2.08. The standard InChI is InChI=1S/C12H13N3O3/c16-6-5-11-14-12(18-15-11)10-7-13-8-3-1-2-4-9(8)17-10/h1-4,10,13,16H,5-7H2. The molecule has 1 atom stereocenters. The van der Waals surface area contributed by atoms with Gasteiger partial charge < -0.3 is 19.7 Å². The van der Waals surface area contributed by atoms with Crippen LogP contribution < -0.4 is 10.1 Å². The van der Waals surface area contributed by atoms with Crippen molar-refractivity contribution in [3.8, 4) is 5.75 Å². The van der Waals surface area contributed by atoms with Gasteiger partial charge in [0.05, 0.1) is 18.8 Å². The fourth-order valence-electron chi connectivity index (χ4n) is 1.85. The molecule has 2 heterocycles. The van der Waals surface area contributed by atoms with Gasteiger partial charge in [0.25, 0.3) is 5.89 Å². The first kappa shape index (κ1) is 11.0. The Balaban J connectivity index is 1.78. The van der Waals surface area contributed by atoms with Crippen LogP contribution in [0.2, 0.25) is 0 Å². The van der Waals surface area contributed by atoms with Crippen molar-refractivity contribution in [2.75, 3.05) is 18.5 Å². The van der Waals surface area contributed by atoms with E-state index in [9.17, 15) is 0 Å². The zero-order chi connectivity index (χ0) is 12.4. The second-order valence-electron chi connectivity index (χ2n) is 4.01. The van der Waals surface area contributed by atoms with E-state index in [1.165, 1.54) is 0 Å². The molecule has 2 aromatic rings. The van der Waals surface area contributed by atoms with Gasteiger partial charge in [0.2, 0.25) is 0 Å². The van der Waals surface area contributed by atoms with Gasteiger partial charge in [-0.3, -0.25) is 0 Å². The highest BCUT2D eigenvalue weighted by Crippen LogP contribution is 2.33. The molecule has 0 bridgehead atoms. The monoisotopic (exact) mass is 247 g/mol. The predicted octanol–water partition coefficient (Wildman–Crippen LogP) is 1.15. The molecule has 0 saturated heterocycles. The lowest BCUT2D eigenvalue weighted by Gasteiger charge is -2.24.